The Kier molecular flexibility index (Phi) is 4.31. The van der Waals surface area contributed by atoms with Crippen LogP contribution in [-0.2, 0) is 9.53 Å². The third kappa shape index (κ3) is 3.24. The van der Waals surface area contributed by atoms with Gasteiger partial charge in [-0.3, -0.25) is 0 Å². The predicted octanol–water partition coefficient (Wildman–Crippen LogP) is 2.76. The molecule has 3 nitrogen and oxygen atoms in total. The van der Waals surface area contributed by atoms with Crippen LogP contribution < -0.4 is 0 Å². The first-order valence-electron chi connectivity index (χ1n) is 4.57. The summed E-state index contributed by atoms with van der Waals surface area (Å²) in [7, 11) is 0. The van der Waals surface area contributed by atoms with Crippen molar-refractivity contribution in [3.8, 4) is 5.75 Å². The maximum absolute atomic E-state index is 13.0. The predicted molar refractivity (Wildman–Crippen MR) is 58.7 cm³/mol. The van der Waals surface area contributed by atoms with Crippen LogP contribution in [0.2, 0.25) is 5.02 Å². The first-order valence-corrected chi connectivity index (χ1v) is 4.95. The molecule has 1 aromatic rings. The Hall–Kier alpha value is -1.55. The number of carbonyl (C=O) groups is 1. The van der Waals surface area contributed by atoms with Gasteiger partial charge in [-0.15, -0.1) is 0 Å². The van der Waals surface area contributed by atoms with Gasteiger partial charge in [0.2, 0.25) is 0 Å². The molecular formula is C11H10ClFO3. The monoisotopic (exact) mass is 244 g/mol. The van der Waals surface area contributed by atoms with E-state index >= 15 is 0 Å². The van der Waals surface area contributed by atoms with Crippen LogP contribution in [0.15, 0.2) is 18.2 Å². The van der Waals surface area contributed by atoms with Gasteiger partial charge in [-0.25, -0.2) is 9.18 Å². The van der Waals surface area contributed by atoms with E-state index in [4.69, 9.17) is 11.6 Å². The third-order valence-corrected chi connectivity index (χ3v) is 1.96. The van der Waals surface area contributed by atoms with Gasteiger partial charge in [0.1, 0.15) is 0 Å². The summed E-state index contributed by atoms with van der Waals surface area (Å²) in [6, 6.07) is 2.33. The quantitative estimate of drug-likeness (QED) is 0.657. The molecule has 0 heterocycles. The topological polar surface area (TPSA) is 46.5 Å². The third-order valence-electron chi connectivity index (χ3n) is 1.74. The zero-order chi connectivity index (χ0) is 12.1. The number of phenols is 1. The summed E-state index contributed by atoms with van der Waals surface area (Å²) in [5.41, 5.74) is 0.123. The second-order valence-electron chi connectivity index (χ2n) is 2.91. The summed E-state index contributed by atoms with van der Waals surface area (Å²) in [5.74, 6) is -1.96. The van der Waals surface area contributed by atoms with Crippen molar-refractivity contribution in [3.63, 3.8) is 0 Å². The molecule has 0 saturated carbocycles. The minimum absolute atomic E-state index is 0.123. The van der Waals surface area contributed by atoms with E-state index < -0.39 is 17.5 Å². The van der Waals surface area contributed by atoms with Crippen LogP contribution in [-0.4, -0.2) is 17.7 Å². The highest BCUT2D eigenvalue weighted by molar-refractivity contribution is 6.30. The molecule has 0 aliphatic carbocycles. The molecule has 0 bridgehead atoms. The van der Waals surface area contributed by atoms with Crippen molar-refractivity contribution in [2.24, 2.45) is 0 Å². The van der Waals surface area contributed by atoms with E-state index in [1.807, 2.05) is 0 Å². The SMILES string of the molecule is CCOC(=O)C=Cc1cc(Cl)cc(F)c1O. The van der Waals surface area contributed by atoms with Crippen LogP contribution in [0.4, 0.5) is 4.39 Å². The second kappa shape index (κ2) is 5.51. The van der Waals surface area contributed by atoms with Crippen molar-refractivity contribution in [1.29, 1.82) is 0 Å². The Balaban J connectivity index is 2.93. The van der Waals surface area contributed by atoms with Crippen molar-refractivity contribution in [2.45, 2.75) is 6.92 Å². The number of rotatable bonds is 3. The number of esters is 1. The molecule has 0 aliphatic rings. The van der Waals surface area contributed by atoms with Gasteiger partial charge in [0.25, 0.3) is 0 Å². The molecule has 0 radical (unpaired) electrons. The Morgan fingerprint density at radius 2 is 2.31 bits per heavy atom. The van der Waals surface area contributed by atoms with Crippen molar-refractivity contribution >= 4 is 23.6 Å². The standard InChI is InChI=1S/C11H10ClFO3/c1-2-16-10(14)4-3-7-5-8(12)6-9(13)11(7)15/h3-6,15H,2H2,1H3. The average molecular weight is 245 g/mol. The van der Waals surface area contributed by atoms with Crippen LogP contribution in [0, 0.1) is 5.82 Å². The van der Waals surface area contributed by atoms with Crippen molar-refractivity contribution in [2.75, 3.05) is 6.61 Å². The smallest absolute Gasteiger partial charge is 0.330 e. The molecule has 0 aromatic heterocycles. The molecule has 1 N–H and O–H groups in total. The number of phenolic OH excluding ortho intramolecular Hbond substituents is 1. The summed E-state index contributed by atoms with van der Waals surface area (Å²) in [6.45, 7) is 1.92. The lowest BCUT2D eigenvalue weighted by Gasteiger charge is -2.01. The zero-order valence-electron chi connectivity index (χ0n) is 8.54. The van der Waals surface area contributed by atoms with Crippen molar-refractivity contribution in [1.82, 2.24) is 0 Å². The fourth-order valence-electron chi connectivity index (χ4n) is 1.06. The van der Waals surface area contributed by atoms with Gasteiger partial charge in [-0.05, 0) is 25.1 Å². The van der Waals surface area contributed by atoms with E-state index in [0.29, 0.717) is 0 Å². The minimum atomic E-state index is -0.837. The number of benzene rings is 1. The molecule has 0 amide bonds. The van der Waals surface area contributed by atoms with Gasteiger partial charge in [0, 0.05) is 16.7 Å². The van der Waals surface area contributed by atoms with Gasteiger partial charge < -0.3 is 9.84 Å². The highest BCUT2D eigenvalue weighted by Crippen LogP contribution is 2.26. The molecule has 16 heavy (non-hydrogen) atoms. The lowest BCUT2D eigenvalue weighted by molar-refractivity contribution is -0.137. The van der Waals surface area contributed by atoms with Crippen LogP contribution in [0.25, 0.3) is 6.08 Å². The number of carbonyl (C=O) groups excluding carboxylic acids is 1. The second-order valence-corrected chi connectivity index (χ2v) is 3.35. The normalized spacial score (nSPS) is 10.7. The van der Waals surface area contributed by atoms with Crippen LogP contribution in [0.1, 0.15) is 12.5 Å². The molecule has 86 valence electrons. The van der Waals surface area contributed by atoms with E-state index in [9.17, 15) is 14.3 Å². The fraction of sp³-hybridized carbons (Fsp3) is 0.182. The largest absolute Gasteiger partial charge is 0.504 e. The lowest BCUT2D eigenvalue weighted by Crippen LogP contribution is -1.98. The maximum Gasteiger partial charge on any atom is 0.330 e. The van der Waals surface area contributed by atoms with E-state index in [0.717, 1.165) is 12.1 Å². The first-order chi connectivity index (χ1) is 7.54. The van der Waals surface area contributed by atoms with Crippen LogP contribution in [0.3, 0.4) is 0 Å². The van der Waals surface area contributed by atoms with Gasteiger partial charge >= 0.3 is 5.97 Å². The van der Waals surface area contributed by atoms with E-state index in [1.54, 1.807) is 6.92 Å². The zero-order valence-corrected chi connectivity index (χ0v) is 9.29. The molecule has 0 aliphatic heterocycles. The highest BCUT2D eigenvalue weighted by Gasteiger charge is 2.07. The summed E-state index contributed by atoms with van der Waals surface area (Å²) in [6.07, 6.45) is 2.33. The molecule has 0 fully saturated rings. The molecule has 0 saturated heterocycles. The lowest BCUT2D eigenvalue weighted by atomic mass is 10.2. The Morgan fingerprint density at radius 3 is 2.94 bits per heavy atom. The minimum Gasteiger partial charge on any atom is -0.504 e. The number of hydrogen-bond acceptors (Lipinski definition) is 3. The fourth-order valence-corrected chi connectivity index (χ4v) is 1.27. The molecule has 0 unspecified atom stereocenters. The van der Waals surface area contributed by atoms with Gasteiger partial charge in [0.15, 0.2) is 11.6 Å². The maximum atomic E-state index is 13.0. The Labute approximate surface area is 97.1 Å². The number of halogens is 2. The van der Waals surface area contributed by atoms with Gasteiger partial charge in [0.05, 0.1) is 6.61 Å². The summed E-state index contributed by atoms with van der Waals surface area (Å²) >= 11 is 5.60. The number of hydrogen-bond donors (Lipinski definition) is 1. The molecular weight excluding hydrogens is 235 g/mol. The van der Waals surface area contributed by atoms with Crippen molar-refractivity contribution < 1.29 is 19.0 Å². The summed E-state index contributed by atoms with van der Waals surface area (Å²) < 4.78 is 17.7. The summed E-state index contributed by atoms with van der Waals surface area (Å²) in [5, 5.41) is 9.47. The van der Waals surface area contributed by atoms with E-state index in [-0.39, 0.29) is 17.2 Å². The number of ether oxygens (including phenoxy) is 1. The van der Waals surface area contributed by atoms with E-state index in [2.05, 4.69) is 4.74 Å². The van der Waals surface area contributed by atoms with Crippen LogP contribution in [0.5, 0.6) is 5.75 Å². The van der Waals surface area contributed by atoms with Crippen LogP contribution >= 0.6 is 11.6 Å². The summed E-state index contributed by atoms with van der Waals surface area (Å²) in [4.78, 5) is 11.0. The van der Waals surface area contributed by atoms with E-state index in [1.165, 1.54) is 12.1 Å². The molecule has 0 spiro atoms. The Bertz CT molecular complexity index is 429. The Morgan fingerprint density at radius 1 is 1.62 bits per heavy atom. The van der Waals surface area contributed by atoms with Gasteiger partial charge in [-0.2, -0.15) is 0 Å². The first kappa shape index (κ1) is 12.5. The van der Waals surface area contributed by atoms with Gasteiger partial charge in [-0.1, -0.05) is 11.6 Å². The molecule has 1 aromatic carbocycles. The number of aromatic hydroxyl groups is 1. The molecule has 1 rings (SSSR count). The van der Waals surface area contributed by atoms with Crippen molar-refractivity contribution in [3.05, 3.63) is 34.6 Å². The average Bonchev–Trinajstić information content (AvgIpc) is 2.21. The molecule has 0 atom stereocenters. The molecule has 5 heteroatoms. The highest BCUT2D eigenvalue weighted by atomic mass is 35.5.